The summed E-state index contributed by atoms with van der Waals surface area (Å²) >= 11 is 0. The molecule has 0 aliphatic heterocycles. The summed E-state index contributed by atoms with van der Waals surface area (Å²) < 4.78 is 11.3. The first-order valence-electron chi connectivity index (χ1n) is 14.1. The first kappa shape index (κ1) is 29.1. The van der Waals surface area contributed by atoms with Gasteiger partial charge < -0.3 is 9.47 Å². The molecule has 3 aromatic rings. The van der Waals surface area contributed by atoms with Gasteiger partial charge >= 0.3 is 5.97 Å². The number of aryl methyl sites for hydroxylation is 1. The molecule has 0 saturated carbocycles. The molecule has 38 heavy (non-hydrogen) atoms. The standard InChI is InChI=1S/C33H42N2O3/c1-4-6-7-8-11-14-27-15-17-29(18-16-27)33(36)38-32-25-34-31(24-35-32)28-19-21-30(22-20-28)37-23-12-9-10-13-26(3)5-2/h4,15-22,24-26H,1,5-14,23H2,2-3H3. The molecule has 0 aliphatic rings. The van der Waals surface area contributed by atoms with Crippen LogP contribution in [0.4, 0.5) is 0 Å². The molecule has 1 unspecified atom stereocenters. The summed E-state index contributed by atoms with van der Waals surface area (Å²) in [5, 5.41) is 0. The molecule has 1 aromatic heterocycles. The largest absolute Gasteiger partial charge is 0.494 e. The van der Waals surface area contributed by atoms with Gasteiger partial charge in [-0.2, -0.15) is 0 Å². The second-order valence-electron chi connectivity index (χ2n) is 9.95. The van der Waals surface area contributed by atoms with E-state index in [1.54, 1.807) is 18.3 Å². The molecule has 2 aromatic carbocycles. The predicted molar refractivity (Wildman–Crippen MR) is 155 cm³/mol. The molecule has 0 amide bonds. The minimum Gasteiger partial charge on any atom is -0.494 e. The minimum atomic E-state index is -0.439. The maximum atomic E-state index is 12.5. The molecule has 0 spiro atoms. The first-order chi connectivity index (χ1) is 18.6. The van der Waals surface area contributed by atoms with Gasteiger partial charge in [-0.05, 0) is 80.0 Å². The number of benzene rings is 2. The van der Waals surface area contributed by atoms with Crippen molar-refractivity contribution in [3.63, 3.8) is 0 Å². The van der Waals surface area contributed by atoms with E-state index in [0.29, 0.717) is 11.3 Å². The lowest BCUT2D eigenvalue weighted by atomic mass is 10.0. The second kappa shape index (κ2) is 16.4. The lowest BCUT2D eigenvalue weighted by molar-refractivity contribution is 0.0727. The fraction of sp³-hybridized carbons (Fsp3) is 0.424. The van der Waals surface area contributed by atoms with E-state index in [9.17, 15) is 4.79 Å². The van der Waals surface area contributed by atoms with E-state index in [2.05, 4.69) is 30.4 Å². The van der Waals surface area contributed by atoms with E-state index < -0.39 is 5.97 Å². The van der Waals surface area contributed by atoms with Crippen molar-refractivity contribution in [3.8, 4) is 22.9 Å². The van der Waals surface area contributed by atoms with Crippen LogP contribution in [-0.4, -0.2) is 22.5 Å². The van der Waals surface area contributed by atoms with Gasteiger partial charge in [0.1, 0.15) is 5.75 Å². The topological polar surface area (TPSA) is 61.3 Å². The van der Waals surface area contributed by atoms with Crippen LogP contribution in [-0.2, 0) is 6.42 Å². The van der Waals surface area contributed by atoms with Crippen LogP contribution in [0.3, 0.4) is 0 Å². The number of esters is 1. The maximum Gasteiger partial charge on any atom is 0.344 e. The van der Waals surface area contributed by atoms with Crippen molar-refractivity contribution < 1.29 is 14.3 Å². The molecule has 0 saturated heterocycles. The highest BCUT2D eigenvalue weighted by Gasteiger charge is 2.11. The molecular formula is C33H42N2O3. The van der Waals surface area contributed by atoms with E-state index in [1.807, 2.05) is 42.5 Å². The molecule has 1 atom stereocenters. The molecule has 202 valence electrons. The van der Waals surface area contributed by atoms with Crippen molar-refractivity contribution in [1.82, 2.24) is 9.97 Å². The lowest BCUT2D eigenvalue weighted by Gasteiger charge is -2.09. The van der Waals surface area contributed by atoms with Gasteiger partial charge in [-0.15, -0.1) is 6.58 Å². The van der Waals surface area contributed by atoms with Gasteiger partial charge in [0.2, 0.25) is 5.88 Å². The summed E-state index contributed by atoms with van der Waals surface area (Å²) in [6.45, 7) is 9.06. The normalized spacial score (nSPS) is 11.6. The molecule has 5 nitrogen and oxygen atoms in total. The van der Waals surface area contributed by atoms with Crippen LogP contribution in [0.1, 0.15) is 87.6 Å². The number of nitrogens with zero attached hydrogens (tertiary/aromatic N) is 2. The van der Waals surface area contributed by atoms with Crippen molar-refractivity contribution in [2.24, 2.45) is 5.92 Å². The Labute approximate surface area is 228 Å². The van der Waals surface area contributed by atoms with Gasteiger partial charge in [0.05, 0.1) is 30.3 Å². The molecule has 1 heterocycles. The van der Waals surface area contributed by atoms with E-state index in [4.69, 9.17) is 9.47 Å². The number of aromatic nitrogens is 2. The quantitative estimate of drug-likeness (QED) is 0.102. The van der Waals surface area contributed by atoms with Crippen LogP contribution in [0.5, 0.6) is 11.6 Å². The van der Waals surface area contributed by atoms with Gasteiger partial charge in [-0.25, -0.2) is 14.8 Å². The maximum absolute atomic E-state index is 12.5. The number of ether oxygens (including phenoxy) is 2. The van der Waals surface area contributed by atoms with Crippen molar-refractivity contribution in [3.05, 3.63) is 84.7 Å². The monoisotopic (exact) mass is 514 g/mol. The van der Waals surface area contributed by atoms with Crippen LogP contribution in [0.15, 0.2) is 73.6 Å². The Hall–Kier alpha value is -3.47. The van der Waals surface area contributed by atoms with E-state index in [-0.39, 0.29) is 5.88 Å². The Balaban J connectivity index is 1.42. The van der Waals surface area contributed by atoms with Crippen LogP contribution in [0, 0.1) is 5.92 Å². The van der Waals surface area contributed by atoms with Crippen LogP contribution < -0.4 is 9.47 Å². The minimum absolute atomic E-state index is 0.179. The van der Waals surface area contributed by atoms with Crippen molar-refractivity contribution in [1.29, 1.82) is 0 Å². The predicted octanol–water partition coefficient (Wildman–Crippen LogP) is 8.64. The summed E-state index contributed by atoms with van der Waals surface area (Å²) in [7, 11) is 0. The van der Waals surface area contributed by atoms with Crippen molar-refractivity contribution in [2.45, 2.75) is 78.1 Å². The third kappa shape index (κ3) is 10.1. The SMILES string of the molecule is C=CCCCCCc1ccc(C(=O)Oc2cnc(-c3ccc(OCCCCCC(C)CC)cc3)cn2)cc1. The van der Waals surface area contributed by atoms with Crippen LogP contribution in [0.2, 0.25) is 0 Å². The Morgan fingerprint density at radius 2 is 1.68 bits per heavy atom. The zero-order chi connectivity index (χ0) is 27.0. The second-order valence-corrected chi connectivity index (χ2v) is 9.95. The van der Waals surface area contributed by atoms with Crippen LogP contribution >= 0.6 is 0 Å². The molecule has 5 heteroatoms. The van der Waals surface area contributed by atoms with Crippen molar-refractivity contribution >= 4 is 5.97 Å². The Morgan fingerprint density at radius 3 is 2.37 bits per heavy atom. The van der Waals surface area contributed by atoms with Gasteiger partial charge in [-0.3, -0.25) is 0 Å². The average molecular weight is 515 g/mol. The van der Waals surface area contributed by atoms with Gasteiger partial charge in [0.15, 0.2) is 0 Å². The highest BCUT2D eigenvalue weighted by molar-refractivity contribution is 5.90. The Morgan fingerprint density at radius 1 is 0.921 bits per heavy atom. The first-order valence-corrected chi connectivity index (χ1v) is 14.1. The number of hydrogen-bond donors (Lipinski definition) is 0. The Bertz CT molecular complexity index is 1090. The van der Waals surface area contributed by atoms with Crippen molar-refractivity contribution in [2.75, 3.05) is 6.61 Å². The summed E-state index contributed by atoms with van der Waals surface area (Å²) in [4.78, 5) is 21.2. The smallest absolute Gasteiger partial charge is 0.344 e. The molecule has 0 aliphatic carbocycles. The third-order valence-electron chi connectivity index (χ3n) is 6.85. The van der Waals surface area contributed by atoms with E-state index in [0.717, 1.165) is 49.5 Å². The van der Waals surface area contributed by atoms with Gasteiger partial charge in [0, 0.05) is 5.56 Å². The lowest BCUT2D eigenvalue weighted by Crippen LogP contribution is -2.09. The van der Waals surface area contributed by atoms with E-state index >= 15 is 0 Å². The number of allylic oxidation sites excluding steroid dienone is 1. The average Bonchev–Trinajstić information content (AvgIpc) is 2.95. The highest BCUT2D eigenvalue weighted by atomic mass is 16.5. The fourth-order valence-corrected chi connectivity index (χ4v) is 4.16. The number of carbonyl (C=O) groups is 1. The highest BCUT2D eigenvalue weighted by Crippen LogP contribution is 2.22. The zero-order valence-corrected chi connectivity index (χ0v) is 23.0. The molecule has 0 fully saturated rings. The third-order valence-corrected chi connectivity index (χ3v) is 6.85. The summed E-state index contributed by atoms with van der Waals surface area (Å²) in [5.74, 6) is 1.41. The number of rotatable bonds is 17. The summed E-state index contributed by atoms with van der Waals surface area (Å²) in [6.07, 6.45) is 16.7. The summed E-state index contributed by atoms with van der Waals surface area (Å²) in [5.41, 5.74) is 3.35. The molecule has 3 rings (SSSR count). The molecule has 0 N–H and O–H groups in total. The number of unbranched alkanes of at least 4 members (excludes halogenated alkanes) is 5. The van der Waals surface area contributed by atoms with Gasteiger partial charge in [0.25, 0.3) is 0 Å². The van der Waals surface area contributed by atoms with Crippen LogP contribution in [0.25, 0.3) is 11.3 Å². The molecule has 0 radical (unpaired) electrons. The van der Waals surface area contributed by atoms with Gasteiger partial charge in [-0.1, -0.05) is 64.2 Å². The summed E-state index contributed by atoms with van der Waals surface area (Å²) in [6, 6.07) is 15.4. The zero-order valence-electron chi connectivity index (χ0n) is 23.0. The number of carbonyl (C=O) groups excluding carboxylic acids is 1. The van der Waals surface area contributed by atoms with E-state index in [1.165, 1.54) is 50.3 Å². The Kier molecular flexibility index (Phi) is 12.5. The molecular weight excluding hydrogens is 472 g/mol. The fourth-order valence-electron chi connectivity index (χ4n) is 4.16. The molecule has 0 bridgehead atoms. The number of hydrogen-bond acceptors (Lipinski definition) is 5.